The molecule has 0 radical (unpaired) electrons. The molecule has 0 aliphatic rings. The third kappa shape index (κ3) is 8.42. The van der Waals surface area contributed by atoms with Crippen LogP contribution in [0.4, 0.5) is 0 Å². The van der Waals surface area contributed by atoms with Crippen LogP contribution in [0.2, 0.25) is 0 Å². The highest BCUT2D eigenvalue weighted by Gasteiger charge is 2.18. The van der Waals surface area contributed by atoms with Gasteiger partial charge in [0.25, 0.3) is 0 Å². The molecule has 238 valence electrons. The fourth-order valence-corrected chi connectivity index (χ4v) is 5.86. The van der Waals surface area contributed by atoms with E-state index in [1.807, 2.05) is 20.8 Å². The zero-order valence-corrected chi connectivity index (χ0v) is 28.1. The van der Waals surface area contributed by atoms with E-state index in [2.05, 4.69) is 118 Å². The normalized spacial score (nSPS) is 12.0. The summed E-state index contributed by atoms with van der Waals surface area (Å²) in [5.74, 6) is -0.316. The molecule has 0 aromatic heterocycles. The highest BCUT2D eigenvalue weighted by molar-refractivity contribution is 6.21. The average molecular weight is 615 g/mol. The van der Waals surface area contributed by atoms with Crippen molar-refractivity contribution in [1.82, 2.24) is 0 Å². The lowest BCUT2D eigenvalue weighted by molar-refractivity contribution is -0.154. The quantitative estimate of drug-likeness (QED) is 0.116. The van der Waals surface area contributed by atoms with Crippen molar-refractivity contribution in [3.05, 3.63) is 108 Å². The number of benzene rings is 5. The molecule has 0 fully saturated rings. The number of aryl methyl sites for hydroxylation is 2. The molecule has 0 bridgehead atoms. The molecule has 0 unspecified atom stereocenters. The Morgan fingerprint density at radius 1 is 0.543 bits per heavy atom. The molecule has 0 spiro atoms. The van der Waals surface area contributed by atoms with Crippen LogP contribution in [0.3, 0.4) is 0 Å². The molecule has 5 rings (SSSR count). The van der Waals surface area contributed by atoms with Gasteiger partial charge in [0.2, 0.25) is 0 Å². The van der Waals surface area contributed by atoms with Gasteiger partial charge in [-0.05, 0) is 100 Å². The van der Waals surface area contributed by atoms with E-state index in [4.69, 9.17) is 9.47 Å². The van der Waals surface area contributed by atoms with Gasteiger partial charge in [0.1, 0.15) is 5.60 Å². The van der Waals surface area contributed by atoms with Crippen molar-refractivity contribution in [2.24, 2.45) is 5.41 Å². The first-order valence-electron chi connectivity index (χ1n) is 16.4. The monoisotopic (exact) mass is 614 g/mol. The van der Waals surface area contributed by atoms with E-state index >= 15 is 0 Å². The van der Waals surface area contributed by atoms with E-state index in [-0.39, 0.29) is 17.4 Å². The van der Waals surface area contributed by atoms with Crippen LogP contribution in [0.25, 0.3) is 43.8 Å². The van der Waals surface area contributed by atoms with Crippen LogP contribution in [-0.4, -0.2) is 24.1 Å². The number of carbonyl (C=O) groups excluding carboxylic acids is 2. The van der Waals surface area contributed by atoms with Gasteiger partial charge in [-0.2, -0.15) is 0 Å². The first-order valence-corrected chi connectivity index (χ1v) is 16.4. The fourth-order valence-electron chi connectivity index (χ4n) is 5.86. The van der Waals surface area contributed by atoms with Crippen LogP contribution in [0.5, 0.6) is 0 Å². The lowest BCUT2D eigenvalue weighted by Crippen LogP contribution is -2.23. The molecule has 4 nitrogen and oxygen atoms in total. The summed E-state index contributed by atoms with van der Waals surface area (Å²) in [6.07, 6.45) is 2.89. The van der Waals surface area contributed by atoms with Crippen LogP contribution in [-0.2, 0) is 31.9 Å². The Bertz CT molecular complexity index is 1760. The van der Waals surface area contributed by atoms with Crippen LogP contribution >= 0.6 is 0 Å². The van der Waals surface area contributed by atoms with Crippen molar-refractivity contribution in [1.29, 1.82) is 0 Å². The molecule has 0 atom stereocenters. The molecule has 0 aliphatic heterocycles. The summed E-state index contributed by atoms with van der Waals surface area (Å²) in [6, 6.07) is 34.4. The van der Waals surface area contributed by atoms with Gasteiger partial charge < -0.3 is 9.47 Å². The summed E-state index contributed by atoms with van der Waals surface area (Å²) in [7, 11) is 0. The molecule has 0 aliphatic carbocycles. The van der Waals surface area contributed by atoms with Gasteiger partial charge in [-0.1, -0.05) is 118 Å². The summed E-state index contributed by atoms with van der Waals surface area (Å²) in [6.45, 7) is 12.6. The molecule has 0 N–H and O–H groups in total. The van der Waals surface area contributed by atoms with E-state index in [0.717, 1.165) is 28.7 Å². The van der Waals surface area contributed by atoms with Crippen molar-refractivity contribution >= 4 is 33.5 Å². The van der Waals surface area contributed by atoms with Crippen LogP contribution in [0, 0.1) is 5.41 Å². The second-order valence-electron chi connectivity index (χ2n) is 14.4. The van der Waals surface area contributed by atoms with E-state index in [1.54, 1.807) is 0 Å². The predicted octanol–water partition coefficient (Wildman–Crippen LogP) is 10.5. The Labute approximate surface area is 273 Å². The zero-order valence-electron chi connectivity index (χ0n) is 28.1. The van der Waals surface area contributed by atoms with Crippen molar-refractivity contribution in [2.75, 3.05) is 6.61 Å². The number of rotatable bonds is 10. The Kier molecular flexibility index (Phi) is 9.96. The summed E-state index contributed by atoms with van der Waals surface area (Å²) < 4.78 is 11.0. The first-order chi connectivity index (χ1) is 21.9. The smallest absolute Gasteiger partial charge is 0.306 e. The Balaban J connectivity index is 1.41. The largest absolute Gasteiger partial charge is 0.466 e. The molecule has 0 heterocycles. The maximum atomic E-state index is 12.3. The molecule has 0 amide bonds. The number of esters is 2. The predicted molar refractivity (Wildman–Crippen MR) is 190 cm³/mol. The van der Waals surface area contributed by atoms with E-state index in [9.17, 15) is 9.59 Å². The number of hydrogen-bond donors (Lipinski definition) is 0. The Morgan fingerprint density at radius 2 is 0.935 bits per heavy atom. The van der Waals surface area contributed by atoms with E-state index in [1.165, 1.54) is 32.7 Å². The number of hydrogen-bond acceptors (Lipinski definition) is 4. The fraction of sp³-hybridized carbons (Fsp3) is 0.333. The highest BCUT2D eigenvalue weighted by Crippen LogP contribution is 2.43. The second kappa shape index (κ2) is 13.9. The van der Waals surface area contributed by atoms with Crippen molar-refractivity contribution in [2.45, 2.75) is 79.2 Å². The van der Waals surface area contributed by atoms with Gasteiger partial charge in [-0.25, -0.2) is 0 Å². The molecule has 4 heteroatoms. The van der Waals surface area contributed by atoms with Crippen molar-refractivity contribution in [3.8, 4) is 22.3 Å². The summed E-state index contributed by atoms with van der Waals surface area (Å²) in [5.41, 5.74) is 6.60. The zero-order chi connectivity index (χ0) is 32.9. The number of fused-ring (bicyclic) bond motifs is 2. The van der Waals surface area contributed by atoms with Gasteiger partial charge >= 0.3 is 11.9 Å². The maximum absolute atomic E-state index is 12.3. The molecule has 5 aromatic rings. The summed E-state index contributed by atoms with van der Waals surface area (Å²) >= 11 is 0. The van der Waals surface area contributed by atoms with Gasteiger partial charge in [-0.15, -0.1) is 0 Å². The summed E-state index contributed by atoms with van der Waals surface area (Å²) in [4.78, 5) is 24.6. The van der Waals surface area contributed by atoms with Crippen LogP contribution in [0.1, 0.15) is 71.9 Å². The number of carbonyl (C=O) groups is 2. The van der Waals surface area contributed by atoms with Crippen molar-refractivity contribution in [3.63, 3.8) is 0 Å². The molecule has 46 heavy (non-hydrogen) atoms. The molecule has 5 aromatic carbocycles. The molecule has 0 saturated heterocycles. The first kappa shape index (κ1) is 32.9. The minimum absolute atomic E-state index is 0.142. The third-order valence-electron chi connectivity index (χ3n) is 8.19. The van der Waals surface area contributed by atoms with E-state index < -0.39 is 5.60 Å². The van der Waals surface area contributed by atoms with E-state index in [0.29, 0.717) is 32.3 Å². The standard InChI is InChI=1S/C42H46O4/c1-41(2,3)27-28-45-37(43)25-19-29-15-21-31(22-16-29)39-33-11-7-9-13-35(33)40(36-14-10-8-12-34(36)39)32-23-17-30(18-24-32)20-26-38(44)46-42(4,5)6/h7-18,21-24H,19-20,25-28H2,1-6H3. The third-order valence-corrected chi connectivity index (χ3v) is 8.19. The average Bonchev–Trinajstić information content (AvgIpc) is 3.01. The summed E-state index contributed by atoms with van der Waals surface area (Å²) in [5, 5.41) is 4.78. The van der Waals surface area contributed by atoms with Crippen molar-refractivity contribution < 1.29 is 19.1 Å². The minimum Gasteiger partial charge on any atom is -0.466 e. The Hall–Kier alpha value is -4.44. The van der Waals surface area contributed by atoms with Crippen LogP contribution in [0.15, 0.2) is 97.1 Å². The minimum atomic E-state index is -0.474. The number of ether oxygens (including phenoxy) is 2. The molecular formula is C42H46O4. The second-order valence-corrected chi connectivity index (χ2v) is 14.4. The Morgan fingerprint density at radius 3 is 1.30 bits per heavy atom. The van der Waals surface area contributed by atoms with Gasteiger partial charge in [0.05, 0.1) is 6.61 Å². The van der Waals surface area contributed by atoms with Crippen LogP contribution < -0.4 is 0 Å². The maximum Gasteiger partial charge on any atom is 0.306 e. The SMILES string of the molecule is CC(C)(C)CCOC(=O)CCc1ccc(-c2c3ccccc3c(-c3ccc(CCC(=O)OC(C)(C)C)cc3)c3ccccc23)cc1. The van der Waals surface area contributed by atoms with Gasteiger partial charge in [0.15, 0.2) is 0 Å². The molecule has 0 saturated carbocycles. The lowest BCUT2D eigenvalue weighted by Gasteiger charge is -2.19. The van der Waals surface area contributed by atoms with Gasteiger partial charge in [0, 0.05) is 12.8 Å². The lowest BCUT2D eigenvalue weighted by atomic mass is 9.85. The highest BCUT2D eigenvalue weighted by atomic mass is 16.6. The molecular weight excluding hydrogens is 568 g/mol. The topological polar surface area (TPSA) is 52.6 Å². The van der Waals surface area contributed by atoms with Gasteiger partial charge in [-0.3, -0.25) is 9.59 Å².